The minimum absolute atomic E-state index is 0.0625. The summed E-state index contributed by atoms with van der Waals surface area (Å²) in [6.07, 6.45) is -0.224. The first-order chi connectivity index (χ1) is 20.3. The molecule has 0 bridgehead atoms. The van der Waals surface area contributed by atoms with Crippen molar-refractivity contribution < 1.29 is 38.7 Å². The van der Waals surface area contributed by atoms with Crippen LogP contribution in [0.1, 0.15) is 24.8 Å². The lowest BCUT2D eigenvalue weighted by atomic mass is 10.1. The van der Waals surface area contributed by atoms with Crippen LogP contribution in [0.15, 0.2) is 30.3 Å². The van der Waals surface area contributed by atoms with Crippen LogP contribution in [0.4, 0.5) is 0 Å². The third kappa shape index (κ3) is 15.4. The fourth-order valence-electron chi connectivity index (χ4n) is 3.56. The van der Waals surface area contributed by atoms with E-state index in [4.69, 9.17) is 22.6 Å². The summed E-state index contributed by atoms with van der Waals surface area (Å²) in [7, 11) is 0. The average molecular weight is 607 g/mol. The molecule has 14 N–H and O–H groups in total. The maximum Gasteiger partial charge on any atom is 0.326 e. The van der Waals surface area contributed by atoms with Crippen molar-refractivity contribution in [2.45, 2.75) is 43.8 Å². The molecule has 18 heteroatoms. The topological polar surface area (TPSA) is 314 Å². The summed E-state index contributed by atoms with van der Waals surface area (Å²) in [5.74, 6) is -6.53. The number of hydrogen-bond acceptors (Lipinski definition) is 9. The van der Waals surface area contributed by atoms with Crippen LogP contribution in [0, 0.1) is 5.41 Å². The predicted octanol–water partition coefficient (Wildman–Crippen LogP) is -4.90. The van der Waals surface area contributed by atoms with Crippen LogP contribution < -0.4 is 49.1 Å². The molecule has 0 aliphatic rings. The Labute approximate surface area is 246 Å². The highest BCUT2D eigenvalue weighted by atomic mass is 16.4. The van der Waals surface area contributed by atoms with E-state index in [9.17, 15) is 38.7 Å². The summed E-state index contributed by atoms with van der Waals surface area (Å²) >= 11 is 0. The molecule has 0 aromatic heterocycles. The molecule has 1 aromatic rings. The van der Waals surface area contributed by atoms with Gasteiger partial charge in [-0.2, -0.15) is 0 Å². The number of aliphatic carboxylic acids is 1. The van der Waals surface area contributed by atoms with Gasteiger partial charge in [-0.25, -0.2) is 4.79 Å². The van der Waals surface area contributed by atoms with Crippen molar-refractivity contribution in [3.8, 4) is 0 Å². The quantitative estimate of drug-likeness (QED) is 0.0403. The Bertz CT molecular complexity index is 1160. The van der Waals surface area contributed by atoms with E-state index in [0.717, 1.165) is 0 Å². The minimum Gasteiger partial charge on any atom is -0.480 e. The van der Waals surface area contributed by atoms with Crippen molar-refractivity contribution in [2.75, 3.05) is 26.2 Å². The lowest BCUT2D eigenvalue weighted by molar-refractivity contribution is -0.142. The van der Waals surface area contributed by atoms with E-state index >= 15 is 0 Å². The number of carboxylic acids is 1. The molecule has 0 radical (unpaired) electrons. The van der Waals surface area contributed by atoms with Crippen LogP contribution in [0.25, 0.3) is 0 Å². The van der Waals surface area contributed by atoms with Gasteiger partial charge in [-0.05, 0) is 18.4 Å². The maximum absolute atomic E-state index is 12.7. The first-order valence-corrected chi connectivity index (χ1v) is 13.1. The van der Waals surface area contributed by atoms with E-state index in [1.807, 2.05) is 0 Å². The van der Waals surface area contributed by atoms with E-state index in [-0.39, 0.29) is 31.9 Å². The van der Waals surface area contributed by atoms with Gasteiger partial charge >= 0.3 is 5.97 Å². The van der Waals surface area contributed by atoms with Crippen molar-refractivity contribution in [3.05, 3.63) is 35.9 Å². The first-order valence-electron chi connectivity index (χ1n) is 13.1. The monoisotopic (exact) mass is 606 g/mol. The number of primary amides is 1. The Kier molecular flexibility index (Phi) is 15.8. The number of benzene rings is 1. The van der Waals surface area contributed by atoms with Crippen LogP contribution in [0.3, 0.4) is 0 Å². The maximum atomic E-state index is 12.7. The number of hydrogen-bond donors (Lipinski definition) is 11. The molecule has 0 saturated heterocycles. The summed E-state index contributed by atoms with van der Waals surface area (Å²) in [4.78, 5) is 84.7. The van der Waals surface area contributed by atoms with Gasteiger partial charge in [0.1, 0.15) is 18.1 Å². The molecule has 0 aliphatic heterocycles. The Morgan fingerprint density at radius 3 is 1.98 bits per heavy atom. The zero-order chi connectivity index (χ0) is 32.4. The van der Waals surface area contributed by atoms with E-state index in [0.29, 0.717) is 12.0 Å². The van der Waals surface area contributed by atoms with Crippen molar-refractivity contribution in [3.63, 3.8) is 0 Å². The summed E-state index contributed by atoms with van der Waals surface area (Å²) in [5, 5.41) is 30.6. The SMILES string of the molecule is N=C(N)NCCC[C@H](NC(=O)CN)C(=O)NCC(=O)NCC(=O)N[C@@H](CC(N)=O)C(=O)N[C@@H](Cc1ccccc1)C(=O)O. The highest BCUT2D eigenvalue weighted by molar-refractivity contribution is 5.95. The Morgan fingerprint density at radius 2 is 1.40 bits per heavy atom. The number of carbonyl (C=O) groups is 7. The second kappa shape index (κ2) is 19.0. The number of carbonyl (C=O) groups excluding carboxylic acids is 6. The van der Waals surface area contributed by atoms with Crippen molar-refractivity contribution >= 4 is 47.4 Å². The van der Waals surface area contributed by atoms with Crippen LogP contribution in [-0.4, -0.2) is 96.8 Å². The van der Waals surface area contributed by atoms with E-state index < -0.39 is 79.0 Å². The fourth-order valence-corrected chi connectivity index (χ4v) is 3.56. The normalized spacial score (nSPS) is 12.4. The van der Waals surface area contributed by atoms with Gasteiger partial charge in [0.05, 0.1) is 26.1 Å². The fraction of sp³-hybridized carbons (Fsp3) is 0.440. The standard InChI is InChI=1S/C25H38N10O8/c26-11-19(37)33-15(7-4-8-30-25(28)29)22(40)32-12-20(38)31-13-21(39)34-16(10-18(27)36)23(41)35-17(24(42)43)9-14-5-2-1-3-6-14/h1-3,5-6,15-17H,4,7-13,26H2,(H2,27,36)(H,31,38)(H,32,40)(H,33,37)(H,34,39)(H,35,41)(H,42,43)(H4,28,29,30)/t15-,16-,17-/m0/s1. The number of nitrogens with two attached hydrogens (primary N) is 3. The number of nitrogens with one attached hydrogen (secondary N) is 7. The molecule has 18 nitrogen and oxygen atoms in total. The van der Waals surface area contributed by atoms with E-state index in [2.05, 4.69) is 31.9 Å². The molecule has 0 fully saturated rings. The molecule has 0 aliphatic carbocycles. The Balaban J connectivity index is 2.65. The van der Waals surface area contributed by atoms with Gasteiger partial charge < -0.3 is 54.2 Å². The van der Waals surface area contributed by atoms with Gasteiger partial charge in [-0.1, -0.05) is 30.3 Å². The smallest absolute Gasteiger partial charge is 0.326 e. The van der Waals surface area contributed by atoms with Gasteiger partial charge in [0.2, 0.25) is 35.4 Å². The third-order valence-corrected chi connectivity index (χ3v) is 5.65. The zero-order valence-corrected chi connectivity index (χ0v) is 23.3. The molecule has 0 saturated carbocycles. The largest absolute Gasteiger partial charge is 0.480 e. The van der Waals surface area contributed by atoms with Crippen LogP contribution in [0.2, 0.25) is 0 Å². The van der Waals surface area contributed by atoms with Gasteiger partial charge in [0, 0.05) is 13.0 Å². The summed E-state index contributed by atoms with van der Waals surface area (Å²) in [6, 6.07) is 4.53. The molecule has 1 rings (SSSR count). The molecule has 1 aromatic carbocycles. The molecule has 0 heterocycles. The highest BCUT2D eigenvalue weighted by Crippen LogP contribution is 2.05. The molecular formula is C25H38N10O8. The Morgan fingerprint density at radius 1 is 0.767 bits per heavy atom. The second-order valence-corrected chi connectivity index (χ2v) is 9.18. The molecule has 0 spiro atoms. The lowest BCUT2D eigenvalue weighted by Gasteiger charge is -2.21. The van der Waals surface area contributed by atoms with Gasteiger partial charge in [0.15, 0.2) is 5.96 Å². The summed E-state index contributed by atoms with van der Waals surface area (Å²) in [5.41, 5.74) is 16.3. The minimum atomic E-state index is -1.52. The first kappa shape index (κ1) is 35.8. The number of carboxylic acid groups (broad SMARTS) is 1. The van der Waals surface area contributed by atoms with Gasteiger partial charge in [-0.3, -0.25) is 34.2 Å². The number of guanidine groups is 1. The van der Waals surface area contributed by atoms with Gasteiger partial charge in [-0.15, -0.1) is 0 Å². The molecule has 0 unspecified atom stereocenters. The van der Waals surface area contributed by atoms with Crippen LogP contribution >= 0.6 is 0 Å². The second-order valence-electron chi connectivity index (χ2n) is 9.18. The molecule has 236 valence electrons. The number of amides is 6. The van der Waals surface area contributed by atoms with Gasteiger partial charge in [0.25, 0.3) is 0 Å². The van der Waals surface area contributed by atoms with Crippen LogP contribution in [0.5, 0.6) is 0 Å². The predicted molar refractivity (Wildman–Crippen MR) is 152 cm³/mol. The van der Waals surface area contributed by atoms with Crippen LogP contribution in [-0.2, 0) is 40.0 Å². The van der Waals surface area contributed by atoms with Crippen molar-refractivity contribution in [2.24, 2.45) is 17.2 Å². The molecule has 6 amide bonds. The average Bonchev–Trinajstić information content (AvgIpc) is 2.95. The molecular weight excluding hydrogens is 568 g/mol. The summed E-state index contributed by atoms with van der Waals surface area (Å²) in [6.45, 7) is -1.35. The third-order valence-electron chi connectivity index (χ3n) is 5.65. The Hall–Kier alpha value is -5.26. The van der Waals surface area contributed by atoms with E-state index in [1.165, 1.54) is 0 Å². The molecule has 43 heavy (non-hydrogen) atoms. The zero-order valence-electron chi connectivity index (χ0n) is 23.3. The summed E-state index contributed by atoms with van der Waals surface area (Å²) < 4.78 is 0. The lowest BCUT2D eigenvalue weighted by Crippen LogP contribution is -2.55. The van der Waals surface area contributed by atoms with Crippen molar-refractivity contribution in [1.82, 2.24) is 31.9 Å². The van der Waals surface area contributed by atoms with E-state index in [1.54, 1.807) is 30.3 Å². The highest BCUT2D eigenvalue weighted by Gasteiger charge is 2.28. The van der Waals surface area contributed by atoms with Crippen molar-refractivity contribution in [1.29, 1.82) is 5.41 Å². The number of rotatable bonds is 19. The molecule has 3 atom stereocenters.